The zero-order chi connectivity index (χ0) is 18.6. The lowest BCUT2D eigenvalue weighted by Gasteiger charge is -2.09. The Hall–Kier alpha value is -2.40. The van der Waals surface area contributed by atoms with E-state index in [-0.39, 0.29) is 0 Å². The molecule has 26 heavy (non-hydrogen) atoms. The first kappa shape index (κ1) is 18.4. The van der Waals surface area contributed by atoms with Crippen molar-refractivity contribution in [3.8, 4) is 0 Å². The van der Waals surface area contributed by atoms with E-state index in [4.69, 9.17) is 4.84 Å². The second kappa shape index (κ2) is 7.87. The van der Waals surface area contributed by atoms with Crippen LogP contribution in [0.15, 0.2) is 70.2 Å². The fourth-order valence-corrected chi connectivity index (χ4v) is 3.83. The van der Waals surface area contributed by atoms with Crippen molar-refractivity contribution in [1.82, 2.24) is 0 Å². The van der Waals surface area contributed by atoms with Gasteiger partial charge in [0.2, 0.25) is 0 Å². The Kier molecular flexibility index (Phi) is 5.57. The molecule has 0 bridgehead atoms. The van der Waals surface area contributed by atoms with E-state index in [1.165, 1.54) is 17.4 Å². The third-order valence-corrected chi connectivity index (χ3v) is 5.69. The quantitative estimate of drug-likeness (QED) is 0.551. The highest BCUT2D eigenvalue weighted by Crippen LogP contribution is 2.35. The standard InChI is InChI=1S/C21H23NO3S/c1-16(22-25-15-17-7-4-3-5-8-17)20-9-6-10-21(20)18-11-13-19(14-12-18)26(2,23)24/h3-5,7-8,11-14H,6,9-10,15H2,1-2H3/b22-16+. The van der Waals surface area contributed by atoms with Crippen molar-refractivity contribution in [2.75, 3.05) is 6.26 Å². The minimum absolute atomic E-state index is 0.345. The minimum atomic E-state index is -3.17. The summed E-state index contributed by atoms with van der Waals surface area (Å²) in [6.45, 7) is 2.42. The Morgan fingerprint density at radius 3 is 2.38 bits per heavy atom. The number of hydrogen-bond donors (Lipinski definition) is 0. The summed E-state index contributed by atoms with van der Waals surface area (Å²) in [5.41, 5.74) is 5.46. The average molecular weight is 369 g/mol. The van der Waals surface area contributed by atoms with Crippen LogP contribution in [0.2, 0.25) is 0 Å². The Balaban J connectivity index is 1.77. The van der Waals surface area contributed by atoms with E-state index in [0.717, 1.165) is 36.1 Å². The third kappa shape index (κ3) is 4.41. The van der Waals surface area contributed by atoms with Crippen LogP contribution in [0.1, 0.15) is 37.3 Å². The Labute approximate surface area is 155 Å². The van der Waals surface area contributed by atoms with Crippen molar-refractivity contribution in [3.05, 3.63) is 71.3 Å². The van der Waals surface area contributed by atoms with Gasteiger partial charge in [0.25, 0.3) is 0 Å². The Bertz CT molecular complexity index is 927. The molecule has 0 atom stereocenters. The molecule has 0 saturated heterocycles. The second-order valence-corrected chi connectivity index (χ2v) is 8.56. The van der Waals surface area contributed by atoms with Crippen LogP contribution in [0, 0.1) is 0 Å². The Morgan fingerprint density at radius 1 is 1.04 bits per heavy atom. The summed E-state index contributed by atoms with van der Waals surface area (Å²) in [5.74, 6) is 0. The third-order valence-electron chi connectivity index (χ3n) is 4.56. The van der Waals surface area contributed by atoms with Crippen molar-refractivity contribution < 1.29 is 13.3 Å². The highest BCUT2D eigenvalue weighted by molar-refractivity contribution is 7.90. The van der Waals surface area contributed by atoms with E-state index in [0.29, 0.717) is 11.5 Å². The number of allylic oxidation sites excluding steroid dienone is 2. The van der Waals surface area contributed by atoms with Crippen molar-refractivity contribution in [3.63, 3.8) is 0 Å². The first-order valence-electron chi connectivity index (χ1n) is 8.68. The summed E-state index contributed by atoms with van der Waals surface area (Å²) < 4.78 is 23.3. The summed E-state index contributed by atoms with van der Waals surface area (Å²) in [5, 5.41) is 4.30. The molecule has 4 nitrogen and oxygen atoms in total. The van der Waals surface area contributed by atoms with Crippen molar-refractivity contribution in [2.24, 2.45) is 5.16 Å². The first-order valence-corrected chi connectivity index (χ1v) is 10.6. The van der Waals surface area contributed by atoms with Crippen LogP contribution < -0.4 is 0 Å². The van der Waals surface area contributed by atoms with E-state index < -0.39 is 9.84 Å². The maximum atomic E-state index is 11.6. The van der Waals surface area contributed by atoms with Crippen LogP contribution in [-0.4, -0.2) is 20.4 Å². The monoisotopic (exact) mass is 369 g/mol. The van der Waals surface area contributed by atoms with E-state index in [1.54, 1.807) is 12.1 Å². The molecule has 0 aromatic heterocycles. The molecule has 0 heterocycles. The SMILES string of the molecule is C/C(=N\OCc1ccccc1)C1=C(c2ccc(S(C)(=O)=O)cc2)CCC1. The summed E-state index contributed by atoms with van der Waals surface area (Å²) in [4.78, 5) is 5.86. The van der Waals surface area contributed by atoms with Gasteiger partial charge in [-0.05, 0) is 60.6 Å². The molecule has 2 aromatic rings. The molecule has 0 aliphatic heterocycles. The molecular weight excluding hydrogens is 346 g/mol. The number of hydrogen-bond acceptors (Lipinski definition) is 4. The predicted octanol–water partition coefficient (Wildman–Crippen LogP) is 4.62. The van der Waals surface area contributed by atoms with E-state index in [1.807, 2.05) is 49.4 Å². The van der Waals surface area contributed by atoms with Crippen LogP contribution in [0.3, 0.4) is 0 Å². The zero-order valence-corrected chi connectivity index (χ0v) is 15.9. The van der Waals surface area contributed by atoms with Crippen molar-refractivity contribution in [1.29, 1.82) is 0 Å². The molecule has 0 unspecified atom stereocenters. The molecule has 0 radical (unpaired) electrons. The summed E-state index contributed by atoms with van der Waals surface area (Å²) in [7, 11) is -3.17. The number of benzene rings is 2. The highest BCUT2D eigenvalue weighted by atomic mass is 32.2. The molecule has 5 heteroatoms. The largest absolute Gasteiger partial charge is 0.391 e. The molecule has 3 rings (SSSR count). The van der Waals surface area contributed by atoms with Crippen LogP contribution in [-0.2, 0) is 21.3 Å². The fraction of sp³-hybridized carbons (Fsp3) is 0.286. The first-order chi connectivity index (χ1) is 12.4. The molecule has 0 spiro atoms. The summed E-state index contributed by atoms with van der Waals surface area (Å²) >= 11 is 0. The molecule has 1 aliphatic rings. The minimum Gasteiger partial charge on any atom is -0.391 e. The maximum Gasteiger partial charge on any atom is 0.175 e. The average Bonchev–Trinajstić information content (AvgIpc) is 3.12. The normalized spacial score (nSPS) is 15.4. The predicted molar refractivity (Wildman–Crippen MR) is 105 cm³/mol. The molecule has 0 fully saturated rings. The van der Waals surface area contributed by atoms with Gasteiger partial charge in [0, 0.05) is 6.26 Å². The smallest absolute Gasteiger partial charge is 0.175 e. The number of rotatable bonds is 6. The van der Waals surface area contributed by atoms with Crippen LogP contribution in [0.5, 0.6) is 0 Å². The van der Waals surface area contributed by atoms with Gasteiger partial charge >= 0.3 is 0 Å². The lowest BCUT2D eigenvalue weighted by atomic mass is 10.00. The van der Waals surface area contributed by atoms with Crippen molar-refractivity contribution in [2.45, 2.75) is 37.7 Å². The van der Waals surface area contributed by atoms with Gasteiger partial charge in [-0.25, -0.2) is 8.42 Å². The fourth-order valence-electron chi connectivity index (χ4n) is 3.20. The summed E-state index contributed by atoms with van der Waals surface area (Å²) in [6, 6.07) is 17.1. The summed E-state index contributed by atoms with van der Waals surface area (Å²) in [6.07, 6.45) is 4.24. The molecular formula is C21H23NO3S. The molecule has 0 amide bonds. The van der Waals surface area contributed by atoms with E-state index >= 15 is 0 Å². The van der Waals surface area contributed by atoms with Gasteiger partial charge in [-0.1, -0.05) is 47.6 Å². The zero-order valence-electron chi connectivity index (χ0n) is 15.1. The van der Waals surface area contributed by atoms with Gasteiger partial charge in [0.15, 0.2) is 9.84 Å². The molecule has 0 N–H and O–H groups in total. The number of sulfone groups is 1. The van der Waals surface area contributed by atoms with E-state index in [2.05, 4.69) is 5.16 Å². The van der Waals surface area contributed by atoms with Gasteiger partial charge in [-0.3, -0.25) is 0 Å². The Morgan fingerprint density at radius 2 is 1.73 bits per heavy atom. The number of nitrogens with zero attached hydrogens (tertiary/aromatic N) is 1. The topological polar surface area (TPSA) is 55.7 Å². The lowest BCUT2D eigenvalue weighted by molar-refractivity contribution is 0.130. The van der Waals surface area contributed by atoms with E-state index in [9.17, 15) is 8.42 Å². The van der Waals surface area contributed by atoms with Crippen LogP contribution >= 0.6 is 0 Å². The van der Waals surface area contributed by atoms with Crippen molar-refractivity contribution >= 4 is 21.1 Å². The van der Waals surface area contributed by atoms with Gasteiger partial charge in [-0.2, -0.15) is 0 Å². The van der Waals surface area contributed by atoms with Gasteiger partial charge in [-0.15, -0.1) is 0 Å². The van der Waals surface area contributed by atoms with Gasteiger partial charge in [0.1, 0.15) is 6.61 Å². The number of oxime groups is 1. The van der Waals surface area contributed by atoms with Crippen LogP contribution in [0.4, 0.5) is 0 Å². The molecule has 1 aliphatic carbocycles. The lowest BCUT2D eigenvalue weighted by Crippen LogP contribution is -2.00. The maximum absolute atomic E-state index is 11.6. The second-order valence-electron chi connectivity index (χ2n) is 6.54. The molecule has 2 aromatic carbocycles. The van der Waals surface area contributed by atoms with Gasteiger partial charge in [0.05, 0.1) is 10.6 Å². The molecule has 136 valence electrons. The van der Waals surface area contributed by atoms with Crippen LogP contribution in [0.25, 0.3) is 5.57 Å². The highest BCUT2D eigenvalue weighted by Gasteiger charge is 2.19. The van der Waals surface area contributed by atoms with Gasteiger partial charge < -0.3 is 4.84 Å². The molecule has 0 saturated carbocycles.